The molecule has 0 N–H and O–H groups in total. The van der Waals surface area contributed by atoms with E-state index in [0.29, 0.717) is 11.8 Å². The zero-order valence-electron chi connectivity index (χ0n) is 7.29. The maximum absolute atomic E-state index is 12.2. The van der Waals surface area contributed by atoms with Gasteiger partial charge in [0.15, 0.2) is 6.29 Å². The Bertz CT molecular complexity index is 410. The van der Waals surface area contributed by atoms with Crippen LogP contribution >= 0.6 is 0 Å². The Labute approximate surface area is 79.0 Å². The van der Waals surface area contributed by atoms with Crippen molar-refractivity contribution in [3.8, 4) is 6.07 Å². The van der Waals surface area contributed by atoms with Crippen molar-refractivity contribution in [1.29, 1.82) is 5.26 Å². The van der Waals surface area contributed by atoms with Crippen molar-refractivity contribution in [3.63, 3.8) is 0 Å². The lowest BCUT2D eigenvalue weighted by molar-refractivity contribution is 0.111. The fraction of sp³-hybridized carbons (Fsp3) is 0.222. The van der Waals surface area contributed by atoms with E-state index in [1.165, 1.54) is 6.92 Å². The molecule has 1 aromatic heterocycles. The number of hydrogen-bond acceptors (Lipinski definition) is 3. The van der Waals surface area contributed by atoms with E-state index in [-0.39, 0.29) is 11.3 Å². The first-order chi connectivity index (χ1) is 6.60. The molecule has 0 aromatic carbocycles. The van der Waals surface area contributed by atoms with Gasteiger partial charge in [-0.15, -0.1) is 0 Å². The standard InChI is InChI=1S/C9H6F2N2O/c1-5-2-7(9(10)11)13-8(4-14)6(5)3-12/h2,4,9H,1H3. The van der Waals surface area contributed by atoms with Crippen LogP contribution in [0.25, 0.3) is 0 Å². The van der Waals surface area contributed by atoms with Crippen molar-refractivity contribution in [3.05, 3.63) is 28.6 Å². The predicted octanol–water partition coefficient (Wildman–Crippen LogP) is 2.01. The molecule has 1 rings (SSSR count). The van der Waals surface area contributed by atoms with E-state index in [1.54, 1.807) is 6.07 Å². The molecule has 0 fully saturated rings. The number of rotatable bonds is 2. The second-order valence-electron chi connectivity index (χ2n) is 2.65. The van der Waals surface area contributed by atoms with Crippen molar-refractivity contribution in [2.24, 2.45) is 0 Å². The van der Waals surface area contributed by atoms with E-state index in [0.717, 1.165) is 6.07 Å². The van der Waals surface area contributed by atoms with Gasteiger partial charge in [-0.1, -0.05) is 0 Å². The molecule has 0 unspecified atom stereocenters. The lowest BCUT2D eigenvalue weighted by Gasteiger charge is -2.04. The summed E-state index contributed by atoms with van der Waals surface area (Å²) >= 11 is 0. The summed E-state index contributed by atoms with van der Waals surface area (Å²) in [6, 6.07) is 2.85. The number of pyridine rings is 1. The molecular formula is C9H6F2N2O. The van der Waals surface area contributed by atoms with E-state index >= 15 is 0 Å². The SMILES string of the molecule is Cc1cc(C(F)F)nc(C=O)c1C#N. The number of nitrogens with zero attached hydrogens (tertiary/aromatic N) is 2. The lowest BCUT2D eigenvalue weighted by atomic mass is 10.1. The van der Waals surface area contributed by atoms with E-state index in [4.69, 9.17) is 5.26 Å². The molecule has 3 nitrogen and oxygen atoms in total. The van der Waals surface area contributed by atoms with Crippen LogP contribution in [0.2, 0.25) is 0 Å². The Kier molecular flexibility index (Phi) is 2.87. The number of halogens is 2. The first-order valence-corrected chi connectivity index (χ1v) is 3.75. The molecule has 5 heteroatoms. The predicted molar refractivity (Wildman–Crippen MR) is 44.0 cm³/mol. The first-order valence-electron chi connectivity index (χ1n) is 3.75. The number of carbonyl (C=O) groups is 1. The third kappa shape index (κ3) is 1.74. The van der Waals surface area contributed by atoms with Crippen molar-refractivity contribution in [1.82, 2.24) is 4.98 Å². The summed E-state index contributed by atoms with van der Waals surface area (Å²) in [5.41, 5.74) is -0.337. The van der Waals surface area contributed by atoms with Crippen LogP contribution in [-0.4, -0.2) is 11.3 Å². The van der Waals surface area contributed by atoms with Gasteiger partial charge in [-0.3, -0.25) is 4.79 Å². The molecule has 0 aliphatic heterocycles. The van der Waals surface area contributed by atoms with Crippen molar-refractivity contribution in [2.45, 2.75) is 13.3 Å². The molecular weight excluding hydrogens is 190 g/mol. The Balaban J connectivity index is 3.40. The number of aromatic nitrogens is 1. The molecule has 0 spiro atoms. The average molecular weight is 196 g/mol. The molecule has 0 amide bonds. The summed E-state index contributed by atoms with van der Waals surface area (Å²) < 4.78 is 24.5. The number of alkyl halides is 2. The van der Waals surface area contributed by atoms with Gasteiger partial charge in [0.25, 0.3) is 6.43 Å². The number of hydrogen-bond donors (Lipinski definition) is 0. The van der Waals surface area contributed by atoms with Gasteiger partial charge in [0.1, 0.15) is 17.5 Å². The highest BCUT2D eigenvalue weighted by atomic mass is 19.3. The van der Waals surface area contributed by atoms with Gasteiger partial charge in [0.2, 0.25) is 0 Å². The molecule has 0 saturated heterocycles. The number of aldehydes is 1. The summed E-state index contributed by atoms with van der Waals surface area (Å²) in [5.74, 6) is 0. The van der Waals surface area contributed by atoms with Crippen LogP contribution in [0.15, 0.2) is 6.07 Å². The van der Waals surface area contributed by atoms with Gasteiger partial charge in [-0.05, 0) is 18.6 Å². The fourth-order valence-electron chi connectivity index (χ4n) is 1.07. The largest absolute Gasteiger partial charge is 0.296 e. The Morgan fingerprint density at radius 1 is 1.64 bits per heavy atom. The van der Waals surface area contributed by atoms with Crippen molar-refractivity contribution < 1.29 is 13.6 Å². The van der Waals surface area contributed by atoms with Gasteiger partial charge < -0.3 is 0 Å². The van der Waals surface area contributed by atoms with Crippen LogP contribution in [0.1, 0.15) is 33.7 Å². The minimum absolute atomic E-state index is 0.0457. The van der Waals surface area contributed by atoms with Crippen LogP contribution in [0.5, 0.6) is 0 Å². The molecule has 0 saturated carbocycles. The van der Waals surface area contributed by atoms with Gasteiger partial charge in [-0.2, -0.15) is 5.26 Å². The second kappa shape index (κ2) is 3.92. The maximum Gasteiger partial charge on any atom is 0.280 e. The molecule has 0 aliphatic carbocycles. The lowest BCUT2D eigenvalue weighted by Crippen LogP contribution is -2.01. The Morgan fingerprint density at radius 2 is 2.29 bits per heavy atom. The van der Waals surface area contributed by atoms with E-state index in [1.807, 2.05) is 0 Å². The van der Waals surface area contributed by atoms with Gasteiger partial charge in [0, 0.05) is 0 Å². The van der Waals surface area contributed by atoms with Crippen LogP contribution in [0.3, 0.4) is 0 Å². The third-order valence-electron chi connectivity index (χ3n) is 1.71. The van der Waals surface area contributed by atoms with Crippen LogP contribution in [0, 0.1) is 18.3 Å². The highest BCUT2D eigenvalue weighted by Gasteiger charge is 2.14. The van der Waals surface area contributed by atoms with Crippen LogP contribution in [-0.2, 0) is 0 Å². The van der Waals surface area contributed by atoms with E-state index in [2.05, 4.69) is 4.98 Å². The molecule has 0 bridgehead atoms. The summed E-state index contributed by atoms with van der Waals surface area (Å²) in [7, 11) is 0. The molecule has 1 aromatic rings. The number of carbonyl (C=O) groups excluding carboxylic acids is 1. The molecule has 0 aliphatic rings. The summed E-state index contributed by atoms with van der Waals surface area (Å²) in [6.45, 7) is 1.49. The summed E-state index contributed by atoms with van der Waals surface area (Å²) in [5, 5.41) is 8.62. The molecule has 72 valence electrons. The smallest absolute Gasteiger partial charge is 0.280 e. The highest BCUT2D eigenvalue weighted by Crippen LogP contribution is 2.20. The summed E-state index contributed by atoms with van der Waals surface area (Å²) in [4.78, 5) is 13.8. The molecule has 0 radical (unpaired) electrons. The molecule has 0 atom stereocenters. The maximum atomic E-state index is 12.2. The van der Waals surface area contributed by atoms with Gasteiger partial charge >= 0.3 is 0 Å². The fourth-order valence-corrected chi connectivity index (χ4v) is 1.07. The van der Waals surface area contributed by atoms with E-state index < -0.39 is 12.1 Å². The van der Waals surface area contributed by atoms with Gasteiger partial charge in [0.05, 0.1) is 5.56 Å². The topological polar surface area (TPSA) is 53.8 Å². The minimum atomic E-state index is -2.74. The normalized spacial score (nSPS) is 9.93. The summed E-state index contributed by atoms with van der Waals surface area (Å²) in [6.07, 6.45) is -2.43. The first kappa shape index (κ1) is 10.3. The molecule has 14 heavy (non-hydrogen) atoms. The highest BCUT2D eigenvalue weighted by molar-refractivity contribution is 5.77. The van der Waals surface area contributed by atoms with Crippen LogP contribution < -0.4 is 0 Å². The Morgan fingerprint density at radius 3 is 2.71 bits per heavy atom. The quantitative estimate of drug-likeness (QED) is 0.680. The number of aryl methyl sites for hydroxylation is 1. The minimum Gasteiger partial charge on any atom is -0.296 e. The Hall–Kier alpha value is -1.83. The zero-order chi connectivity index (χ0) is 10.7. The second-order valence-corrected chi connectivity index (χ2v) is 2.65. The van der Waals surface area contributed by atoms with Crippen LogP contribution in [0.4, 0.5) is 8.78 Å². The average Bonchev–Trinajstić information content (AvgIpc) is 2.16. The molecule has 1 heterocycles. The van der Waals surface area contributed by atoms with Crippen molar-refractivity contribution in [2.75, 3.05) is 0 Å². The zero-order valence-corrected chi connectivity index (χ0v) is 7.29. The van der Waals surface area contributed by atoms with Gasteiger partial charge in [-0.25, -0.2) is 13.8 Å². The third-order valence-corrected chi connectivity index (χ3v) is 1.71. The van der Waals surface area contributed by atoms with Crippen molar-refractivity contribution >= 4 is 6.29 Å². The number of nitriles is 1. The monoisotopic (exact) mass is 196 g/mol. The van der Waals surface area contributed by atoms with E-state index in [9.17, 15) is 13.6 Å².